The molecule has 0 unspecified atom stereocenters. The number of carbonyl (C=O) groups is 2. The molecule has 2 N–H and O–H groups in total. The molecule has 83 heavy (non-hydrogen) atoms. The van der Waals surface area contributed by atoms with Gasteiger partial charge in [-0.15, -0.1) is 0 Å². The van der Waals surface area contributed by atoms with Crippen molar-refractivity contribution in [3.05, 3.63) is 101 Å². The fourth-order valence-corrected chi connectivity index (χ4v) is 13.9. The van der Waals surface area contributed by atoms with E-state index in [4.69, 9.17) is 72.5 Å². The van der Waals surface area contributed by atoms with Gasteiger partial charge < -0.3 is 66.3 Å². The highest BCUT2D eigenvalue weighted by Crippen LogP contribution is 2.49. The van der Waals surface area contributed by atoms with Crippen LogP contribution < -0.4 is 33.7 Å². The number of aliphatic hydroxyl groups is 1. The summed E-state index contributed by atoms with van der Waals surface area (Å²) in [6.45, 7) is 29.8. The van der Waals surface area contributed by atoms with E-state index in [9.17, 15) is 9.90 Å². The van der Waals surface area contributed by atoms with Crippen LogP contribution >= 0.6 is 11.6 Å². The standard InChI is InChI=1S/C62H81ClN2O15Si3/c1-18-30-73-49-31-41-32-50(76-39(2)3)56(71-9)55(70-8)44(41)34-45(49)59(68)65-47-35-54(67)74-37-53(75-38-72-36-40-21-23-43(69-7)24-22-40)61(79-81(10,11)12)28-19-20-52(66)62(80-82(13,14)15)42(27-29-61)33-51(57(62)78-83(16,17)60(4,5)6)77-48-26-25-46(47)64-58(48)63/h18,21-26,31-34,39,47,51-53,57,66H,1,28,30,35-38H2,2-17H3,(H,65,68)/t47-,51+,52-,53-,57-,61-,62-/m1/s1. The van der Waals surface area contributed by atoms with Crippen LogP contribution in [0.15, 0.2) is 78.9 Å². The first-order valence-corrected chi connectivity index (χ1v) is 37.8. The number of pyridine rings is 1. The van der Waals surface area contributed by atoms with Crippen LogP contribution in [0.5, 0.6) is 34.5 Å². The van der Waals surface area contributed by atoms with E-state index in [2.05, 4.69) is 69.4 Å². The molecule has 0 fully saturated rings. The molecule has 1 amide bonds. The maximum Gasteiger partial charge on any atom is 0.308 e. The maximum absolute atomic E-state index is 15.0. The van der Waals surface area contributed by atoms with Gasteiger partial charge in [-0.25, -0.2) is 4.98 Å². The minimum absolute atomic E-state index is 0.0568. The first kappa shape index (κ1) is 64.7. The van der Waals surface area contributed by atoms with Gasteiger partial charge in [0.1, 0.15) is 55.9 Å². The number of aliphatic hydroxyl groups excluding tert-OH is 1. The molecule has 17 nitrogen and oxygen atoms in total. The van der Waals surface area contributed by atoms with Gasteiger partial charge in [0.15, 0.2) is 58.6 Å². The largest absolute Gasteiger partial charge is 0.497 e. The van der Waals surface area contributed by atoms with Crippen molar-refractivity contribution in [2.45, 2.75) is 159 Å². The molecule has 3 aromatic carbocycles. The van der Waals surface area contributed by atoms with E-state index in [-0.39, 0.29) is 65.5 Å². The number of ether oxygens (including phenoxy) is 9. The fraction of sp³-hybridized carbons (Fsp3) is 0.500. The number of hydrogen-bond acceptors (Lipinski definition) is 16. The van der Waals surface area contributed by atoms with E-state index < -0.39 is 91.5 Å². The molecule has 0 saturated heterocycles. The first-order chi connectivity index (χ1) is 39.0. The quantitative estimate of drug-likeness (QED) is 0.0152. The molecule has 2 aliphatic heterocycles. The lowest BCUT2D eigenvalue weighted by Gasteiger charge is -2.48. The zero-order valence-electron chi connectivity index (χ0n) is 50.8. The molecule has 4 aromatic rings. The van der Waals surface area contributed by atoms with Gasteiger partial charge in [0.05, 0.1) is 64.2 Å². The molecule has 2 aliphatic carbocycles. The molecule has 8 rings (SSSR count). The number of amides is 1. The van der Waals surface area contributed by atoms with Gasteiger partial charge >= 0.3 is 5.97 Å². The second-order valence-electron chi connectivity index (χ2n) is 24.4. The highest BCUT2D eigenvalue weighted by Gasteiger charge is 2.61. The number of hydrogen-bond donors (Lipinski definition) is 2. The molecule has 0 saturated carbocycles. The van der Waals surface area contributed by atoms with E-state index in [1.54, 1.807) is 49.6 Å². The highest BCUT2D eigenvalue weighted by atomic mass is 35.5. The number of nitrogens with one attached hydrogen (secondary N) is 1. The Hall–Kier alpha value is -5.89. The third-order valence-corrected chi connectivity index (χ3v) is 21.0. The van der Waals surface area contributed by atoms with Crippen molar-refractivity contribution in [3.8, 4) is 58.2 Å². The Morgan fingerprint density at radius 2 is 1.64 bits per heavy atom. The van der Waals surface area contributed by atoms with Crippen molar-refractivity contribution in [3.63, 3.8) is 0 Å². The van der Waals surface area contributed by atoms with Crippen molar-refractivity contribution in [2.24, 2.45) is 0 Å². The molecule has 448 valence electrons. The molecule has 0 spiro atoms. The summed E-state index contributed by atoms with van der Waals surface area (Å²) in [5.74, 6) is 14.0. The van der Waals surface area contributed by atoms with Gasteiger partial charge in [0, 0.05) is 11.0 Å². The zero-order chi connectivity index (χ0) is 60.9. The first-order valence-electron chi connectivity index (χ1n) is 27.7. The number of methoxy groups -OCH3 is 3. The lowest BCUT2D eigenvalue weighted by molar-refractivity contribution is -0.172. The SMILES string of the molecule is C=CCOc1cc2cc(OC(C)C)c(OC)c(OC)c2cc1C(=O)N[C@@H]1CC(=O)OC[C@@H](OCOCc2ccc(OC)cc2)[C@]2(O[Si](C)(C)C)C#CC3=C[C@H](Oc4ccc1nc4Cl)[C@@H](O[Si](C)(C)C(C)(C)C)[C@]3(O[Si](C)(C)C)[C@H](O)C#CC2. The Morgan fingerprint density at radius 3 is 2.25 bits per heavy atom. The molecule has 4 aliphatic rings. The van der Waals surface area contributed by atoms with Crippen molar-refractivity contribution >= 4 is 59.2 Å². The minimum Gasteiger partial charge on any atom is -0.497 e. The molecule has 5 bridgehead atoms. The van der Waals surface area contributed by atoms with E-state index in [1.165, 1.54) is 14.2 Å². The van der Waals surface area contributed by atoms with Crippen molar-refractivity contribution in [1.82, 2.24) is 10.3 Å². The van der Waals surface area contributed by atoms with Gasteiger partial charge in [-0.3, -0.25) is 9.59 Å². The Labute approximate surface area is 497 Å². The second-order valence-corrected chi connectivity index (χ2v) is 38.4. The maximum atomic E-state index is 15.0. The smallest absolute Gasteiger partial charge is 0.308 e. The highest BCUT2D eigenvalue weighted by molar-refractivity contribution is 6.74. The summed E-state index contributed by atoms with van der Waals surface area (Å²) in [6.07, 6.45) is -2.06. The number of nitrogens with zero attached hydrogens (tertiary/aromatic N) is 1. The average molecular weight is 1210 g/mol. The molecular formula is C62H81ClN2O15Si3. The predicted octanol–water partition coefficient (Wildman–Crippen LogP) is 11.3. The monoisotopic (exact) mass is 1210 g/mol. The van der Waals surface area contributed by atoms with Crippen LogP contribution in [0, 0.1) is 23.7 Å². The van der Waals surface area contributed by atoms with Crippen LogP contribution in [0.3, 0.4) is 0 Å². The van der Waals surface area contributed by atoms with Crippen LogP contribution in [0.1, 0.15) is 75.1 Å². The lowest BCUT2D eigenvalue weighted by Crippen LogP contribution is -2.63. The third-order valence-electron chi connectivity index (χ3n) is 14.4. The Balaban J connectivity index is 1.40. The van der Waals surface area contributed by atoms with Gasteiger partial charge in [0.25, 0.3) is 5.91 Å². The molecule has 1 aromatic heterocycles. The van der Waals surface area contributed by atoms with Crippen LogP contribution in [0.25, 0.3) is 10.8 Å². The fourth-order valence-electron chi connectivity index (χ4n) is 9.70. The van der Waals surface area contributed by atoms with Crippen molar-refractivity contribution < 1.29 is 70.6 Å². The predicted molar refractivity (Wildman–Crippen MR) is 326 cm³/mol. The average Bonchev–Trinajstić information content (AvgIpc) is 2.14. The van der Waals surface area contributed by atoms with E-state index >= 15 is 4.79 Å². The van der Waals surface area contributed by atoms with Gasteiger partial charge in [0.2, 0.25) is 5.75 Å². The molecule has 3 heterocycles. The van der Waals surface area contributed by atoms with Crippen LogP contribution in [0.2, 0.25) is 62.6 Å². The zero-order valence-corrected chi connectivity index (χ0v) is 54.5. The lowest BCUT2D eigenvalue weighted by atomic mass is 9.87. The van der Waals surface area contributed by atoms with Crippen LogP contribution in [-0.4, -0.2) is 130 Å². The minimum atomic E-state index is -2.78. The summed E-state index contributed by atoms with van der Waals surface area (Å²) in [4.78, 5) is 34.5. The van der Waals surface area contributed by atoms with Crippen molar-refractivity contribution in [1.29, 1.82) is 0 Å². The number of rotatable bonds is 21. The number of esters is 1. The van der Waals surface area contributed by atoms with E-state index in [0.717, 1.165) is 5.56 Å². The molecule has 21 heteroatoms. The summed E-state index contributed by atoms with van der Waals surface area (Å²) in [5.41, 5.74) is -1.83. The Kier molecular flexibility index (Phi) is 20.4. The van der Waals surface area contributed by atoms with Crippen LogP contribution in [0.4, 0.5) is 0 Å². The topological polar surface area (TPSA) is 190 Å². The van der Waals surface area contributed by atoms with Gasteiger partial charge in [-0.1, -0.05) is 80.8 Å². The number of fused-ring (bicyclic) bond motifs is 8. The number of halogens is 1. The summed E-state index contributed by atoms with van der Waals surface area (Å²) >= 11 is 7.17. The number of aromatic nitrogens is 1. The Morgan fingerprint density at radius 1 is 0.952 bits per heavy atom. The van der Waals surface area contributed by atoms with E-state index in [0.29, 0.717) is 39.3 Å². The molecular weight excluding hydrogens is 1130 g/mol. The van der Waals surface area contributed by atoms with Crippen molar-refractivity contribution in [2.75, 3.05) is 41.3 Å². The summed E-state index contributed by atoms with van der Waals surface area (Å²) in [6, 6.07) is 14.6. The Bertz CT molecular complexity index is 3190. The number of carbonyl (C=O) groups excluding carboxylic acids is 2. The summed E-state index contributed by atoms with van der Waals surface area (Å²) < 4.78 is 77.2. The number of benzene rings is 3. The normalized spacial score (nSPS) is 22.8. The summed E-state index contributed by atoms with van der Waals surface area (Å²) in [5, 5.41) is 16.6. The third kappa shape index (κ3) is 15.1. The summed E-state index contributed by atoms with van der Waals surface area (Å²) in [7, 11) is -3.53. The van der Waals surface area contributed by atoms with Crippen LogP contribution in [-0.2, 0) is 38.9 Å². The van der Waals surface area contributed by atoms with E-state index in [1.807, 2.05) is 77.4 Å². The molecule has 0 radical (unpaired) electrons. The second kappa shape index (κ2) is 26.2. The van der Waals surface area contributed by atoms with Gasteiger partial charge in [-0.05, 0) is 131 Å². The molecule has 7 atom stereocenters. The van der Waals surface area contributed by atoms with Gasteiger partial charge in [-0.2, -0.15) is 0 Å².